The van der Waals surface area contributed by atoms with Crippen molar-refractivity contribution < 1.29 is 17.5 Å². The molecule has 1 aliphatic heterocycles. The van der Waals surface area contributed by atoms with Crippen LogP contribution in [-0.2, 0) is 16.6 Å². The topological polar surface area (TPSA) is 49.9 Å². The molecule has 0 atom stereocenters. The molecule has 1 fully saturated rings. The monoisotopic (exact) mass is 414 g/mol. The van der Waals surface area contributed by atoms with E-state index in [1.165, 1.54) is 28.6 Å². The molecule has 0 unspecified atom stereocenters. The molecule has 3 rings (SSSR count). The van der Waals surface area contributed by atoms with Crippen molar-refractivity contribution in [3.05, 3.63) is 59.9 Å². The van der Waals surface area contributed by atoms with Crippen LogP contribution in [0, 0.1) is 5.82 Å². The number of hydrogen-bond acceptors (Lipinski definition) is 4. The maximum Gasteiger partial charge on any atom is 0.246 e. The average molecular weight is 415 g/mol. The molecule has 0 aromatic heterocycles. The first kappa shape index (κ1) is 21.6. The van der Waals surface area contributed by atoms with E-state index in [0.29, 0.717) is 39.3 Å². The minimum atomic E-state index is -3.80. The number of para-hydroxylation sites is 1. The lowest BCUT2D eigenvalue weighted by molar-refractivity contribution is 0.179. The Morgan fingerprint density at radius 1 is 1.00 bits per heavy atom. The lowest BCUT2D eigenvalue weighted by Gasteiger charge is -2.34. The number of nitrogens with zero attached hydrogens (tertiary/aromatic N) is 2. The lowest BCUT2D eigenvalue weighted by atomic mass is 10.2. The smallest absolute Gasteiger partial charge is 0.246 e. The van der Waals surface area contributed by atoms with E-state index in [1.807, 2.05) is 31.2 Å². The molecule has 0 radical (unpaired) electrons. The summed E-state index contributed by atoms with van der Waals surface area (Å²) in [6.45, 7) is 5.11. The van der Waals surface area contributed by atoms with Gasteiger partial charge in [-0.05, 0) is 25.1 Å². The SMILES string of the molecule is CCOc1ccccc1CN1CCN(S(=O)(=O)c2ccccc2F)CC1.Cl. The Kier molecular flexibility index (Phi) is 7.61. The molecule has 1 aliphatic rings. The summed E-state index contributed by atoms with van der Waals surface area (Å²) < 4.78 is 46.2. The second-order valence-corrected chi connectivity index (χ2v) is 8.06. The van der Waals surface area contributed by atoms with Crippen molar-refractivity contribution in [1.29, 1.82) is 0 Å². The zero-order valence-electron chi connectivity index (χ0n) is 15.2. The molecule has 8 heteroatoms. The van der Waals surface area contributed by atoms with Crippen LogP contribution in [0.15, 0.2) is 53.4 Å². The van der Waals surface area contributed by atoms with E-state index in [2.05, 4.69) is 4.90 Å². The zero-order valence-corrected chi connectivity index (χ0v) is 16.8. The van der Waals surface area contributed by atoms with E-state index in [4.69, 9.17) is 4.74 Å². The summed E-state index contributed by atoms with van der Waals surface area (Å²) in [6.07, 6.45) is 0. The van der Waals surface area contributed by atoms with Crippen molar-refractivity contribution >= 4 is 22.4 Å². The normalized spacial score (nSPS) is 15.9. The van der Waals surface area contributed by atoms with Gasteiger partial charge in [0.2, 0.25) is 10.0 Å². The number of ether oxygens (including phenoxy) is 1. The van der Waals surface area contributed by atoms with E-state index >= 15 is 0 Å². The van der Waals surface area contributed by atoms with Crippen molar-refractivity contribution in [1.82, 2.24) is 9.21 Å². The minimum absolute atomic E-state index is 0. The molecule has 148 valence electrons. The minimum Gasteiger partial charge on any atom is -0.494 e. The molecule has 0 spiro atoms. The molecular formula is C19H24ClFN2O3S. The average Bonchev–Trinajstić information content (AvgIpc) is 2.64. The van der Waals surface area contributed by atoms with Crippen LogP contribution in [0.25, 0.3) is 0 Å². The Balaban J connectivity index is 0.00000261. The molecule has 0 N–H and O–H groups in total. The number of hydrogen-bond donors (Lipinski definition) is 0. The third kappa shape index (κ3) is 4.99. The van der Waals surface area contributed by atoms with Gasteiger partial charge in [0.1, 0.15) is 16.5 Å². The summed E-state index contributed by atoms with van der Waals surface area (Å²) in [5.74, 6) is 0.150. The van der Waals surface area contributed by atoms with Crippen LogP contribution in [0.2, 0.25) is 0 Å². The highest BCUT2D eigenvalue weighted by Gasteiger charge is 2.30. The standard InChI is InChI=1S/C19H23FN2O3S.ClH/c1-2-25-18-9-5-3-7-16(18)15-21-11-13-22(14-12-21)26(23,24)19-10-6-4-8-17(19)20;/h3-10H,2,11-15H2,1H3;1H. The van der Waals surface area contributed by atoms with Crippen molar-refractivity contribution in [3.63, 3.8) is 0 Å². The van der Waals surface area contributed by atoms with E-state index in [1.54, 1.807) is 0 Å². The lowest BCUT2D eigenvalue weighted by Crippen LogP contribution is -2.48. The first-order chi connectivity index (χ1) is 12.5. The van der Waals surface area contributed by atoms with Gasteiger partial charge in [0.15, 0.2) is 0 Å². The van der Waals surface area contributed by atoms with Crippen molar-refractivity contribution in [3.8, 4) is 5.75 Å². The highest BCUT2D eigenvalue weighted by Crippen LogP contribution is 2.23. The molecule has 2 aromatic rings. The van der Waals surface area contributed by atoms with Gasteiger partial charge in [-0.3, -0.25) is 4.90 Å². The van der Waals surface area contributed by atoms with Gasteiger partial charge < -0.3 is 4.74 Å². The van der Waals surface area contributed by atoms with Gasteiger partial charge in [0, 0.05) is 38.3 Å². The summed E-state index contributed by atoms with van der Waals surface area (Å²) >= 11 is 0. The Labute approximate surface area is 166 Å². The fourth-order valence-electron chi connectivity index (χ4n) is 3.09. The van der Waals surface area contributed by atoms with Gasteiger partial charge in [-0.2, -0.15) is 4.31 Å². The predicted molar refractivity (Wildman–Crippen MR) is 105 cm³/mol. The Hall–Kier alpha value is -1.67. The van der Waals surface area contributed by atoms with E-state index in [-0.39, 0.29) is 17.3 Å². The Morgan fingerprint density at radius 2 is 1.63 bits per heavy atom. The molecule has 2 aromatic carbocycles. The fraction of sp³-hybridized carbons (Fsp3) is 0.368. The first-order valence-electron chi connectivity index (χ1n) is 8.70. The van der Waals surface area contributed by atoms with E-state index in [0.717, 1.165) is 11.3 Å². The van der Waals surface area contributed by atoms with Gasteiger partial charge in [0.25, 0.3) is 0 Å². The highest BCUT2D eigenvalue weighted by molar-refractivity contribution is 7.89. The van der Waals surface area contributed by atoms with E-state index in [9.17, 15) is 12.8 Å². The zero-order chi connectivity index (χ0) is 18.6. The van der Waals surface area contributed by atoms with E-state index < -0.39 is 15.8 Å². The van der Waals surface area contributed by atoms with Gasteiger partial charge >= 0.3 is 0 Å². The predicted octanol–water partition coefficient (Wildman–Crippen LogP) is 3.15. The quantitative estimate of drug-likeness (QED) is 0.728. The van der Waals surface area contributed by atoms with Crippen LogP contribution in [-0.4, -0.2) is 50.4 Å². The van der Waals surface area contributed by atoms with Crippen molar-refractivity contribution in [2.75, 3.05) is 32.8 Å². The number of halogens is 2. The molecule has 0 saturated carbocycles. The Morgan fingerprint density at radius 3 is 2.30 bits per heavy atom. The van der Waals surface area contributed by atoms with Gasteiger partial charge in [-0.15, -0.1) is 12.4 Å². The number of rotatable bonds is 6. The summed E-state index contributed by atoms with van der Waals surface area (Å²) in [5.41, 5.74) is 1.08. The molecular weight excluding hydrogens is 391 g/mol. The molecule has 27 heavy (non-hydrogen) atoms. The largest absolute Gasteiger partial charge is 0.494 e. The third-order valence-electron chi connectivity index (χ3n) is 4.45. The number of piperazine rings is 1. The third-order valence-corrected chi connectivity index (χ3v) is 6.38. The van der Waals surface area contributed by atoms with Gasteiger partial charge in [-0.25, -0.2) is 12.8 Å². The summed E-state index contributed by atoms with van der Waals surface area (Å²) in [7, 11) is -3.80. The van der Waals surface area contributed by atoms with Crippen LogP contribution < -0.4 is 4.74 Å². The number of benzene rings is 2. The van der Waals surface area contributed by atoms with Crippen LogP contribution in [0.5, 0.6) is 5.75 Å². The van der Waals surface area contributed by atoms with Crippen LogP contribution >= 0.6 is 12.4 Å². The maximum atomic E-state index is 13.9. The summed E-state index contributed by atoms with van der Waals surface area (Å²) in [4.78, 5) is 1.93. The second kappa shape index (κ2) is 9.50. The molecule has 0 aliphatic carbocycles. The van der Waals surface area contributed by atoms with Gasteiger partial charge in [-0.1, -0.05) is 30.3 Å². The Bertz CT molecular complexity index is 856. The fourth-order valence-corrected chi connectivity index (χ4v) is 4.58. The van der Waals surface area contributed by atoms with Gasteiger partial charge in [0.05, 0.1) is 6.61 Å². The van der Waals surface area contributed by atoms with Crippen LogP contribution in [0.4, 0.5) is 4.39 Å². The molecule has 1 saturated heterocycles. The highest BCUT2D eigenvalue weighted by atomic mass is 35.5. The number of sulfonamides is 1. The second-order valence-electron chi connectivity index (χ2n) is 6.15. The van der Waals surface area contributed by atoms with Crippen molar-refractivity contribution in [2.24, 2.45) is 0 Å². The van der Waals surface area contributed by atoms with Crippen LogP contribution in [0.3, 0.4) is 0 Å². The molecule has 5 nitrogen and oxygen atoms in total. The molecule has 0 bridgehead atoms. The first-order valence-corrected chi connectivity index (χ1v) is 10.1. The van der Waals surface area contributed by atoms with Crippen LogP contribution in [0.1, 0.15) is 12.5 Å². The summed E-state index contributed by atoms with van der Waals surface area (Å²) in [5, 5.41) is 0. The maximum absolute atomic E-state index is 13.9. The molecule has 1 heterocycles. The van der Waals surface area contributed by atoms with Crippen molar-refractivity contribution in [2.45, 2.75) is 18.4 Å². The molecule has 0 amide bonds. The summed E-state index contributed by atoms with van der Waals surface area (Å²) in [6, 6.07) is 13.4.